The van der Waals surface area contributed by atoms with Crippen LogP contribution in [0.25, 0.3) is 0 Å². The van der Waals surface area contributed by atoms with E-state index in [1.165, 1.54) is 13.0 Å². The summed E-state index contributed by atoms with van der Waals surface area (Å²) in [5.41, 5.74) is 7.27. The van der Waals surface area contributed by atoms with E-state index in [-0.39, 0.29) is 6.04 Å². The zero-order valence-electron chi connectivity index (χ0n) is 10.4. The molecule has 0 bridgehead atoms. The molecule has 1 aliphatic rings. The molecule has 0 saturated heterocycles. The second-order valence-electron chi connectivity index (χ2n) is 5.25. The van der Waals surface area contributed by atoms with Crippen LogP contribution in [-0.4, -0.2) is 34.8 Å². The Hall–Kier alpha value is -0.870. The Balaban J connectivity index is 1.80. The van der Waals surface area contributed by atoms with Gasteiger partial charge in [-0.2, -0.15) is 5.10 Å². The summed E-state index contributed by atoms with van der Waals surface area (Å²) >= 11 is 0. The third kappa shape index (κ3) is 2.83. The molecule has 1 aromatic rings. The fraction of sp³-hybridized carbons (Fsp3) is 0.750. The largest absolute Gasteiger partial charge is 0.323 e. The van der Waals surface area contributed by atoms with Crippen LogP contribution in [0.15, 0.2) is 12.4 Å². The van der Waals surface area contributed by atoms with Crippen molar-refractivity contribution in [1.29, 1.82) is 0 Å². The van der Waals surface area contributed by atoms with Gasteiger partial charge in [0.1, 0.15) is 0 Å². The maximum atomic E-state index is 6.15. The second kappa shape index (κ2) is 4.55. The van der Waals surface area contributed by atoms with Crippen molar-refractivity contribution in [1.82, 2.24) is 14.7 Å². The lowest BCUT2D eigenvalue weighted by molar-refractivity contribution is 0.296. The smallest absolute Gasteiger partial charge is 0.0537 e. The van der Waals surface area contributed by atoms with Crippen molar-refractivity contribution < 1.29 is 0 Å². The molecule has 0 amide bonds. The molecule has 1 saturated carbocycles. The molecule has 3 atom stereocenters. The van der Waals surface area contributed by atoms with E-state index in [0.717, 1.165) is 23.9 Å². The van der Waals surface area contributed by atoms with E-state index in [1.54, 1.807) is 4.68 Å². The van der Waals surface area contributed by atoms with Crippen LogP contribution in [0.3, 0.4) is 0 Å². The van der Waals surface area contributed by atoms with Gasteiger partial charge in [0.05, 0.1) is 6.20 Å². The van der Waals surface area contributed by atoms with Crippen LogP contribution in [0.2, 0.25) is 0 Å². The summed E-state index contributed by atoms with van der Waals surface area (Å²) in [6.45, 7) is 4.41. The molecule has 2 rings (SSSR count). The summed E-state index contributed by atoms with van der Waals surface area (Å²) in [4.78, 5) is 2.34. The lowest BCUT2D eigenvalue weighted by Crippen LogP contribution is -2.30. The minimum Gasteiger partial charge on any atom is -0.323 e. The fourth-order valence-corrected chi connectivity index (χ4v) is 2.20. The fourth-order valence-electron chi connectivity index (χ4n) is 2.20. The third-order valence-corrected chi connectivity index (χ3v) is 3.48. The molecule has 3 unspecified atom stereocenters. The standard InChI is InChI=1S/C12H22N4/c1-9-4-10(9)6-15(2)8-12(13)11-5-14-16(3)7-11/h5,7,9-10,12H,4,6,8,13H2,1-3H3. The van der Waals surface area contributed by atoms with Gasteiger partial charge in [-0.1, -0.05) is 6.92 Å². The van der Waals surface area contributed by atoms with E-state index >= 15 is 0 Å². The normalized spacial score (nSPS) is 26.1. The van der Waals surface area contributed by atoms with Crippen molar-refractivity contribution in [2.75, 3.05) is 20.1 Å². The summed E-state index contributed by atoms with van der Waals surface area (Å²) in [5.74, 6) is 1.81. The minimum absolute atomic E-state index is 0.0766. The van der Waals surface area contributed by atoms with Gasteiger partial charge < -0.3 is 10.6 Å². The van der Waals surface area contributed by atoms with E-state index in [4.69, 9.17) is 5.73 Å². The average Bonchev–Trinajstić information content (AvgIpc) is 2.73. The molecule has 1 fully saturated rings. The predicted molar refractivity (Wildman–Crippen MR) is 64.9 cm³/mol. The summed E-state index contributed by atoms with van der Waals surface area (Å²) in [6.07, 6.45) is 5.24. The highest BCUT2D eigenvalue weighted by molar-refractivity contribution is 5.09. The van der Waals surface area contributed by atoms with Crippen molar-refractivity contribution in [3.05, 3.63) is 18.0 Å². The molecule has 4 heteroatoms. The highest BCUT2D eigenvalue weighted by Gasteiger charge is 2.33. The van der Waals surface area contributed by atoms with E-state index in [9.17, 15) is 0 Å². The zero-order chi connectivity index (χ0) is 11.7. The molecular weight excluding hydrogens is 200 g/mol. The number of aryl methyl sites for hydroxylation is 1. The van der Waals surface area contributed by atoms with Crippen molar-refractivity contribution in [2.45, 2.75) is 19.4 Å². The van der Waals surface area contributed by atoms with Gasteiger partial charge in [-0.15, -0.1) is 0 Å². The van der Waals surface area contributed by atoms with Gasteiger partial charge in [-0.05, 0) is 25.3 Å². The number of rotatable bonds is 5. The number of hydrogen-bond donors (Lipinski definition) is 1. The van der Waals surface area contributed by atoms with Crippen LogP contribution in [0.5, 0.6) is 0 Å². The maximum absolute atomic E-state index is 6.15. The first kappa shape index (κ1) is 11.6. The van der Waals surface area contributed by atoms with Gasteiger partial charge in [-0.3, -0.25) is 4.68 Å². The third-order valence-electron chi connectivity index (χ3n) is 3.48. The Kier molecular flexibility index (Phi) is 3.30. The van der Waals surface area contributed by atoms with Crippen molar-refractivity contribution in [3.63, 3.8) is 0 Å². The van der Waals surface area contributed by atoms with Crippen LogP contribution >= 0.6 is 0 Å². The summed E-state index contributed by atoms with van der Waals surface area (Å²) < 4.78 is 1.80. The number of aromatic nitrogens is 2. The molecule has 1 heterocycles. The van der Waals surface area contributed by atoms with Crippen LogP contribution in [-0.2, 0) is 7.05 Å². The Labute approximate surface area is 97.4 Å². The molecule has 1 aliphatic carbocycles. The number of hydrogen-bond acceptors (Lipinski definition) is 3. The summed E-state index contributed by atoms with van der Waals surface area (Å²) in [5, 5.41) is 4.15. The lowest BCUT2D eigenvalue weighted by Gasteiger charge is -2.20. The van der Waals surface area contributed by atoms with Crippen LogP contribution in [0.1, 0.15) is 24.9 Å². The van der Waals surface area contributed by atoms with Gasteiger partial charge in [0.15, 0.2) is 0 Å². The van der Waals surface area contributed by atoms with Crippen LogP contribution in [0, 0.1) is 11.8 Å². The average molecular weight is 222 g/mol. The molecule has 4 nitrogen and oxygen atoms in total. The Morgan fingerprint density at radius 1 is 1.69 bits per heavy atom. The van der Waals surface area contributed by atoms with Crippen LogP contribution in [0.4, 0.5) is 0 Å². The molecule has 0 radical (unpaired) electrons. The Morgan fingerprint density at radius 2 is 2.38 bits per heavy atom. The van der Waals surface area contributed by atoms with E-state index < -0.39 is 0 Å². The molecule has 2 N–H and O–H groups in total. The van der Waals surface area contributed by atoms with E-state index in [1.807, 2.05) is 19.4 Å². The van der Waals surface area contributed by atoms with Gasteiger partial charge in [0.2, 0.25) is 0 Å². The first-order valence-corrected chi connectivity index (χ1v) is 5.99. The minimum atomic E-state index is 0.0766. The van der Waals surface area contributed by atoms with Crippen LogP contribution < -0.4 is 5.73 Å². The van der Waals surface area contributed by atoms with E-state index in [2.05, 4.69) is 24.0 Å². The molecule has 0 aromatic carbocycles. The zero-order valence-corrected chi connectivity index (χ0v) is 10.4. The molecule has 1 aromatic heterocycles. The molecular formula is C12H22N4. The number of nitrogens with two attached hydrogens (primary N) is 1. The molecule has 16 heavy (non-hydrogen) atoms. The van der Waals surface area contributed by atoms with Gasteiger partial charge in [-0.25, -0.2) is 0 Å². The van der Waals surface area contributed by atoms with Gasteiger partial charge in [0, 0.05) is 37.9 Å². The summed E-state index contributed by atoms with van der Waals surface area (Å²) in [7, 11) is 4.08. The van der Waals surface area contributed by atoms with E-state index in [0.29, 0.717) is 0 Å². The monoisotopic (exact) mass is 222 g/mol. The number of nitrogens with zero attached hydrogens (tertiary/aromatic N) is 3. The topological polar surface area (TPSA) is 47.1 Å². The molecule has 0 aliphatic heterocycles. The Morgan fingerprint density at radius 3 is 2.88 bits per heavy atom. The maximum Gasteiger partial charge on any atom is 0.0537 e. The lowest BCUT2D eigenvalue weighted by atomic mass is 10.1. The Bertz CT molecular complexity index is 347. The highest BCUT2D eigenvalue weighted by atomic mass is 15.2. The highest BCUT2D eigenvalue weighted by Crippen LogP contribution is 2.38. The molecule has 90 valence electrons. The quantitative estimate of drug-likeness (QED) is 0.808. The predicted octanol–water partition coefficient (Wildman–Crippen LogP) is 1.01. The van der Waals surface area contributed by atoms with Gasteiger partial charge >= 0.3 is 0 Å². The van der Waals surface area contributed by atoms with Gasteiger partial charge in [0.25, 0.3) is 0 Å². The van der Waals surface area contributed by atoms with Crippen molar-refractivity contribution in [3.8, 4) is 0 Å². The SMILES string of the molecule is CC1CC1CN(C)CC(N)c1cnn(C)c1. The first-order chi connectivity index (χ1) is 7.56. The van der Waals surface area contributed by atoms with Crippen molar-refractivity contribution in [2.24, 2.45) is 24.6 Å². The summed E-state index contributed by atoms with van der Waals surface area (Å²) in [6, 6.07) is 0.0766. The first-order valence-electron chi connectivity index (χ1n) is 5.99. The second-order valence-corrected chi connectivity index (χ2v) is 5.25. The van der Waals surface area contributed by atoms with Crippen molar-refractivity contribution >= 4 is 0 Å². The number of likely N-dealkylation sites (N-methyl/N-ethyl adjacent to an activating group) is 1. The molecule has 0 spiro atoms.